The standard InChI is InChI=1S/2Al.3H3O7PS/c;;3*1-8(2,3)7-9(4,5)6/h;;3*(H2,1,2,3)(H,4,5,6)/q2*+3;;;/p-6. The molecule has 0 spiro atoms. The summed E-state index contributed by atoms with van der Waals surface area (Å²) in [6, 6.07) is 0. The van der Waals surface area contributed by atoms with Gasteiger partial charge in [0.15, 0.2) is 0 Å². The van der Waals surface area contributed by atoms with Crippen LogP contribution in [0.4, 0.5) is 0 Å². The van der Waals surface area contributed by atoms with Gasteiger partial charge >= 0.3 is 65.9 Å². The number of phosphoric acid groups is 3. The summed E-state index contributed by atoms with van der Waals surface area (Å²) in [7, 11) is -32.4. The normalized spacial score (nSPS) is 12.7. The Kier molecular flexibility index (Phi) is 20.0. The molecule has 0 amide bonds. The molecular weight excluding hydrogens is 579 g/mol. The van der Waals surface area contributed by atoms with Gasteiger partial charge < -0.3 is 43.1 Å². The molecule has 0 radical (unpaired) electrons. The zero-order valence-corrected chi connectivity index (χ0v) is 19.9. The van der Waals surface area contributed by atoms with Crippen LogP contribution in [0.5, 0.6) is 0 Å². The second-order valence-corrected chi connectivity index (χ2v) is 9.89. The summed E-state index contributed by atoms with van der Waals surface area (Å²) in [6.45, 7) is 0. The molecule has 3 N–H and O–H groups in total. The summed E-state index contributed by atoms with van der Waals surface area (Å²) >= 11 is 0. The number of hydrogen-bond donors (Lipinski definition) is 3. The number of rotatable bonds is 6. The molecule has 0 unspecified atom stereocenters. The van der Waals surface area contributed by atoms with E-state index < -0.39 is 54.7 Å². The summed E-state index contributed by atoms with van der Waals surface area (Å²) < 4.78 is 115. The first-order valence-electron chi connectivity index (χ1n) is 4.24. The van der Waals surface area contributed by atoms with Crippen LogP contribution >= 0.6 is 23.5 Å². The van der Waals surface area contributed by atoms with Crippen LogP contribution in [0, 0.1) is 0 Å². The molecule has 0 aromatic heterocycles. The van der Waals surface area contributed by atoms with Crippen LogP contribution < -0.4 is 29.4 Å². The molecule has 0 fully saturated rings. The fraction of sp³-hybridized carbons (Fsp3) is 0. The van der Waals surface area contributed by atoms with Gasteiger partial charge in [-0.2, -0.15) is 25.3 Å². The minimum absolute atomic E-state index is 0. The third-order valence-electron chi connectivity index (χ3n) is 0.556. The molecule has 0 rings (SSSR count). The smallest absolute Gasteiger partial charge is 0.789 e. The van der Waals surface area contributed by atoms with Gasteiger partial charge in [-0.05, 0) is 0 Å². The van der Waals surface area contributed by atoms with Crippen molar-refractivity contribution in [3.63, 3.8) is 0 Å². The van der Waals surface area contributed by atoms with Crippen LogP contribution in [0.2, 0.25) is 0 Å². The van der Waals surface area contributed by atoms with E-state index in [4.69, 9.17) is 13.7 Å². The van der Waals surface area contributed by atoms with Crippen LogP contribution in [0.25, 0.3) is 0 Å². The largest absolute Gasteiger partial charge is 3.00 e. The van der Waals surface area contributed by atoms with E-state index in [1.807, 2.05) is 0 Å². The SMILES string of the molecule is O=P([O-])([O-])OS(=O)(=O)O.O=P([O-])([O-])OS(=O)(=O)O.O=P([O-])([O-])OS(=O)(=O)O.[Al+3].[Al+3]. The molecule has 0 heterocycles. The third kappa shape index (κ3) is 58.6. The van der Waals surface area contributed by atoms with Crippen molar-refractivity contribution in [3.8, 4) is 0 Å². The van der Waals surface area contributed by atoms with Gasteiger partial charge in [0.05, 0.1) is 23.5 Å². The first kappa shape index (κ1) is 40.5. The third-order valence-corrected chi connectivity index (χ3v) is 5.01. The van der Waals surface area contributed by atoms with Crippen molar-refractivity contribution in [2.75, 3.05) is 0 Å². The molecule has 0 atom stereocenters. The van der Waals surface area contributed by atoms with Crippen LogP contribution in [0.1, 0.15) is 0 Å². The van der Waals surface area contributed by atoms with Gasteiger partial charge in [-0.15, -0.1) is 0 Å². The van der Waals surface area contributed by atoms with Crippen molar-refractivity contribution >= 4 is 89.4 Å². The summed E-state index contributed by atoms with van der Waals surface area (Å²) in [5.74, 6) is 0. The summed E-state index contributed by atoms with van der Waals surface area (Å²) in [5, 5.41) is 0. The molecule has 29 heteroatoms. The fourth-order valence-corrected chi connectivity index (χ4v) is 3.11. The van der Waals surface area contributed by atoms with Gasteiger partial charge in [0.1, 0.15) is 0 Å². The first-order valence-corrected chi connectivity index (χ1v) is 12.7. The fourth-order valence-electron chi connectivity index (χ4n) is 0.346. The molecule has 168 valence electrons. The maximum absolute atomic E-state index is 9.41. The summed E-state index contributed by atoms with van der Waals surface area (Å²) in [6.07, 6.45) is 0. The minimum atomic E-state index is -5.63. The number of hydrogen-bond acceptors (Lipinski definition) is 18. The molecule has 0 aromatic carbocycles. The zero-order valence-electron chi connectivity index (χ0n) is 12.4. The predicted octanol–water partition coefficient (Wildman–Crippen LogP) is -7.86. The van der Waals surface area contributed by atoms with Crippen molar-refractivity contribution in [1.82, 2.24) is 0 Å². The van der Waals surface area contributed by atoms with Crippen molar-refractivity contribution in [2.24, 2.45) is 0 Å². The van der Waals surface area contributed by atoms with Crippen molar-refractivity contribution in [3.05, 3.63) is 0 Å². The van der Waals surface area contributed by atoms with E-state index in [-0.39, 0.29) is 34.7 Å². The second-order valence-electron chi connectivity index (χ2n) is 2.85. The average Bonchev–Trinajstić information content (AvgIpc) is 1.96. The van der Waals surface area contributed by atoms with E-state index in [1.165, 1.54) is 0 Å². The maximum atomic E-state index is 9.41. The Hall–Kier alpha value is 1.12. The Morgan fingerprint density at radius 1 is 0.483 bits per heavy atom. The van der Waals surface area contributed by atoms with Crippen LogP contribution in [0.15, 0.2) is 0 Å². The molecular formula is H3Al2O21P3S3. The molecule has 0 aromatic rings. The second kappa shape index (κ2) is 14.3. The van der Waals surface area contributed by atoms with Gasteiger partial charge in [-0.1, -0.05) is 0 Å². The molecule has 0 bridgehead atoms. The Morgan fingerprint density at radius 3 is 0.586 bits per heavy atom. The molecule has 0 saturated heterocycles. The van der Waals surface area contributed by atoms with Crippen molar-refractivity contribution in [2.45, 2.75) is 0 Å². The minimum Gasteiger partial charge on any atom is -0.789 e. The molecule has 29 heavy (non-hydrogen) atoms. The topological polar surface area (TPSA) is 380 Å². The molecule has 0 saturated carbocycles. The van der Waals surface area contributed by atoms with Gasteiger partial charge in [0.25, 0.3) is 0 Å². The molecule has 0 aliphatic heterocycles. The molecule has 21 nitrogen and oxygen atoms in total. The van der Waals surface area contributed by atoms with Gasteiger partial charge in [-0.3, -0.25) is 13.7 Å². The predicted molar refractivity (Wildman–Crippen MR) is 72.2 cm³/mol. The summed E-state index contributed by atoms with van der Waals surface area (Å²) in [5.41, 5.74) is 0. The van der Waals surface area contributed by atoms with Crippen molar-refractivity contribution < 1.29 is 93.9 Å². The quantitative estimate of drug-likeness (QED) is 0.149. The summed E-state index contributed by atoms with van der Waals surface area (Å²) in [4.78, 5) is 56.1. The van der Waals surface area contributed by atoms with Crippen LogP contribution in [-0.2, 0) is 56.8 Å². The van der Waals surface area contributed by atoms with Gasteiger partial charge in [-0.25, -0.2) is 11.9 Å². The van der Waals surface area contributed by atoms with E-state index in [2.05, 4.69) is 11.9 Å². The van der Waals surface area contributed by atoms with Crippen LogP contribution in [0.3, 0.4) is 0 Å². The Morgan fingerprint density at radius 2 is 0.586 bits per heavy atom. The van der Waals surface area contributed by atoms with Crippen LogP contribution in [-0.4, -0.2) is 73.6 Å². The Labute approximate surface area is 182 Å². The maximum Gasteiger partial charge on any atom is 3.00 e. The van der Waals surface area contributed by atoms with E-state index in [1.54, 1.807) is 0 Å². The first-order chi connectivity index (χ1) is 11.1. The van der Waals surface area contributed by atoms with Crippen molar-refractivity contribution in [1.29, 1.82) is 0 Å². The van der Waals surface area contributed by atoms with E-state index in [0.29, 0.717) is 0 Å². The van der Waals surface area contributed by atoms with E-state index >= 15 is 0 Å². The Balaban J connectivity index is -0.0000000960. The average molecular weight is 582 g/mol. The van der Waals surface area contributed by atoms with Gasteiger partial charge in [0.2, 0.25) is 0 Å². The zero-order chi connectivity index (χ0) is 23.1. The Bertz CT molecular complexity index is 780. The molecule has 0 aliphatic carbocycles. The van der Waals surface area contributed by atoms with E-state index in [0.717, 1.165) is 0 Å². The molecule has 0 aliphatic rings. The van der Waals surface area contributed by atoms with Gasteiger partial charge in [0, 0.05) is 0 Å². The van der Waals surface area contributed by atoms with E-state index in [9.17, 15) is 68.3 Å². The monoisotopic (exact) mass is 582 g/mol.